The Kier molecular flexibility index (Phi) is 4.44. The summed E-state index contributed by atoms with van der Waals surface area (Å²) in [6.07, 6.45) is 1.13. The zero-order chi connectivity index (χ0) is 19.7. The summed E-state index contributed by atoms with van der Waals surface area (Å²) in [5, 5.41) is 7.07. The number of hydrogen-bond donors (Lipinski definition) is 2. The van der Waals surface area contributed by atoms with Crippen molar-refractivity contribution in [3.63, 3.8) is 0 Å². The summed E-state index contributed by atoms with van der Waals surface area (Å²) in [5.41, 5.74) is 9.00. The summed E-state index contributed by atoms with van der Waals surface area (Å²) in [6, 6.07) is 14.4. The Bertz CT molecular complexity index is 1030. The smallest absolute Gasteiger partial charge is 0.277 e. The molecule has 142 valence electrons. The molecule has 8 nitrogen and oxygen atoms in total. The highest BCUT2D eigenvalue weighted by Gasteiger charge is 2.33. The van der Waals surface area contributed by atoms with Gasteiger partial charge in [-0.3, -0.25) is 9.59 Å². The number of amides is 2. The summed E-state index contributed by atoms with van der Waals surface area (Å²) in [6.45, 7) is 0.484. The second kappa shape index (κ2) is 7.07. The van der Waals surface area contributed by atoms with E-state index in [0.29, 0.717) is 48.0 Å². The molecule has 3 N–H and O–H groups in total. The molecule has 0 aliphatic carbocycles. The number of hydrogen-bond acceptors (Lipinski definition) is 5. The number of rotatable bonds is 5. The molecule has 2 amide bonds. The Morgan fingerprint density at radius 3 is 2.43 bits per heavy atom. The quantitative estimate of drug-likeness (QED) is 0.524. The molecule has 0 saturated carbocycles. The SMILES string of the molecule is COc1ccc(-n2nc(NC=O)c3c2C(=O)N(c2ccc(N)cc2)CC3)cc1. The van der Waals surface area contributed by atoms with Crippen molar-refractivity contribution < 1.29 is 14.3 Å². The second-order valence-electron chi connectivity index (χ2n) is 6.35. The molecule has 0 spiro atoms. The van der Waals surface area contributed by atoms with E-state index in [0.717, 1.165) is 11.3 Å². The van der Waals surface area contributed by atoms with E-state index in [-0.39, 0.29) is 5.91 Å². The van der Waals surface area contributed by atoms with Crippen molar-refractivity contribution in [2.75, 3.05) is 29.6 Å². The van der Waals surface area contributed by atoms with Crippen LogP contribution in [0.4, 0.5) is 17.2 Å². The van der Waals surface area contributed by atoms with Crippen molar-refractivity contribution in [1.29, 1.82) is 0 Å². The first kappa shape index (κ1) is 17.6. The van der Waals surface area contributed by atoms with Gasteiger partial charge in [0.1, 0.15) is 11.4 Å². The van der Waals surface area contributed by atoms with Crippen LogP contribution in [0.15, 0.2) is 48.5 Å². The van der Waals surface area contributed by atoms with E-state index in [1.165, 1.54) is 0 Å². The Balaban J connectivity index is 1.80. The van der Waals surface area contributed by atoms with E-state index >= 15 is 0 Å². The number of benzene rings is 2. The summed E-state index contributed by atoms with van der Waals surface area (Å²) >= 11 is 0. The number of aromatic nitrogens is 2. The summed E-state index contributed by atoms with van der Waals surface area (Å²) < 4.78 is 6.76. The number of nitrogens with one attached hydrogen (secondary N) is 1. The van der Waals surface area contributed by atoms with E-state index in [9.17, 15) is 9.59 Å². The van der Waals surface area contributed by atoms with Crippen molar-refractivity contribution in [1.82, 2.24) is 9.78 Å². The molecule has 0 saturated heterocycles. The molecule has 0 atom stereocenters. The fourth-order valence-electron chi connectivity index (χ4n) is 3.34. The number of nitrogens with zero attached hydrogens (tertiary/aromatic N) is 3. The van der Waals surface area contributed by atoms with Crippen LogP contribution in [0.1, 0.15) is 16.1 Å². The lowest BCUT2D eigenvalue weighted by Crippen LogP contribution is -2.38. The molecule has 1 aromatic heterocycles. The molecular weight excluding hydrogens is 358 g/mol. The number of methoxy groups -OCH3 is 1. The minimum Gasteiger partial charge on any atom is -0.497 e. The number of carbonyl (C=O) groups excluding carboxylic acids is 2. The van der Waals surface area contributed by atoms with Crippen LogP contribution in [0.25, 0.3) is 5.69 Å². The number of anilines is 3. The molecule has 3 aromatic rings. The average Bonchev–Trinajstić information content (AvgIpc) is 3.09. The van der Waals surface area contributed by atoms with Crippen molar-refractivity contribution in [3.8, 4) is 11.4 Å². The first-order valence-corrected chi connectivity index (χ1v) is 8.76. The summed E-state index contributed by atoms with van der Waals surface area (Å²) in [4.78, 5) is 26.0. The predicted octanol–water partition coefficient (Wildman–Crippen LogP) is 2.23. The van der Waals surface area contributed by atoms with Crippen molar-refractivity contribution in [2.45, 2.75) is 6.42 Å². The third-order valence-corrected chi connectivity index (χ3v) is 4.73. The average molecular weight is 377 g/mol. The van der Waals surface area contributed by atoms with Crippen LogP contribution in [-0.4, -0.2) is 35.8 Å². The molecule has 1 aliphatic heterocycles. The van der Waals surface area contributed by atoms with Crippen LogP contribution in [0.3, 0.4) is 0 Å². The molecule has 2 heterocycles. The molecule has 0 bridgehead atoms. The van der Waals surface area contributed by atoms with E-state index in [1.807, 2.05) is 24.3 Å². The van der Waals surface area contributed by atoms with Crippen LogP contribution in [0, 0.1) is 0 Å². The number of nitrogen functional groups attached to an aromatic ring is 1. The monoisotopic (exact) mass is 377 g/mol. The van der Waals surface area contributed by atoms with Crippen LogP contribution in [0.5, 0.6) is 5.75 Å². The summed E-state index contributed by atoms with van der Waals surface area (Å²) in [7, 11) is 1.59. The van der Waals surface area contributed by atoms with E-state index in [2.05, 4.69) is 10.4 Å². The number of ether oxygens (including phenoxy) is 1. The first-order valence-electron chi connectivity index (χ1n) is 8.76. The normalized spacial score (nSPS) is 13.2. The molecule has 2 aromatic carbocycles. The fraction of sp³-hybridized carbons (Fsp3) is 0.150. The number of carbonyl (C=O) groups is 2. The second-order valence-corrected chi connectivity index (χ2v) is 6.35. The maximum absolute atomic E-state index is 13.3. The van der Waals surface area contributed by atoms with Crippen molar-refractivity contribution >= 4 is 29.5 Å². The molecule has 28 heavy (non-hydrogen) atoms. The summed E-state index contributed by atoms with van der Waals surface area (Å²) in [5.74, 6) is 0.908. The van der Waals surface area contributed by atoms with Gasteiger partial charge in [-0.25, -0.2) is 4.68 Å². The predicted molar refractivity (Wildman–Crippen MR) is 106 cm³/mol. The zero-order valence-corrected chi connectivity index (χ0v) is 15.3. The molecule has 8 heteroatoms. The van der Waals surface area contributed by atoms with Gasteiger partial charge >= 0.3 is 0 Å². The lowest BCUT2D eigenvalue weighted by molar-refractivity contribution is -0.105. The van der Waals surface area contributed by atoms with Crippen molar-refractivity contribution in [3.05, 3.63) is 59.8 Å². The van der Waals surface area contributed by atoms with Gasteiger partial charge in [0.05, 0.1) is 12.8 Å². The number of nitrogens with two attached hydrogens (primary N) is 1. The minimum absolute atomic E-state index is 0.187. The van der Waals surface area contributed by atoms with E-state index in [1.54, 1.807) is 41.0 Å². The Morgan fingerprint density at radius 2 is 1.79 bits per heavy atom. The molecule has 1 aliphatic rings. The van der Waals surface area contributed by atoms with Gasteiger partial charge in [-0.2, -0.15) is 0 Å². The standard InChI is InChI=1S/C20H19N5O3/c1-28-16-8-6-15(7-9-16)25-18-17(19(23-25)22-12-26)10-11-24(20(18)27)14-4-2-13(21)3-5-14/h2-9,12H,10-11,21H2,1H3,(H,22,23,26). The maximum atomic E-state index is 13.3. The fourth-order valence-corrected chi connectivity index (χ4v) is 3.34. The van der Waals surface area contributed by atoms with Gasteiger partial charge in [-0.05, 0) is 55.0 Å². The zero-order valence-electron chi connectivity index (χ0n) is 15.3. The van der Waals surface area contributed by atoms with Crippen LogP contribution in [-0.2, 0) is 11.2 Å². The van der Waals surface area contributed by atoms with Gasteiger partial charge in [0.2, 0.25) is 6.41 Å². The van der Waals surface area contributed by atoms with Crippen molar-refractivity contribution in [2.24, 2.45) is 0 Å². The Hall–Kier alpha value is -3.81. The lowest BCUT2D eigenvalue weighted by atomic mass is 10.0. The van der Waals surface area contributed by atoms with Gasteiger partial charge in [0.25, 0.3) is 5.91 Å². The Labute approximate surface area is 161 Å². The molecule has 0 unspecified atom stereocenters. The van der Waals surface area contributed by atoms with Gasteiger partial charge < -0.3 is 20.7 Å². The first-order chi connectivity index (χ1) is 13.6. The molecular formula is C20H19N5O3. The van der Waals surface area contributed by atoms with E-state index < -0.39 is 0 Å². The van der Waals surface area contributed by atoms with Gasteiger partial charge in [-0.1, -0.05) is 0 Å². The largest absolute Gasteiger partial charge is 0.497 e. The van der Waals surface area contributed by atoms with E-state index in [4.69, 9.17) is 10.5 Å². The molecule has 0 radical (unpaired) electrons. The Morgan fingerprint density at radius 1 is 1.11 bits per heavy atom. The topological polar surface area (TPSA) is 102 Å². The molecule has 0 fully saturated rings. The van der Waals surface area contributed by atoms with Gasteiger partial charge in [0.15, 0.2) is 5.82 Å². The maximum Gasteiger partial charge on any atom is 0.277 e. The van der Waals surface area contributed by atoms with Crippen LogP contribution in [0.2, 0.25) is 0 Å². The van der Waals surface area contributed by atoms with Crippen LogP contribution >= 0.6 is 0 Å². The number of fused-ring (bicyclic) bond motifs is 1. The highest BCUT2D eigenvalue weighted by atomic mass is 16.5. The van der Waals surface area contributed by atoms with Gasteiger partial charge in [-0.15, -0.1) is 5.10 Å². The van der Waals surface area contributed by atoms with Crippen LogP contribution < -0.4 is 20.7 Å². The lowest BCUT2D eigenvalue weighted by Gasteiger charge is -2.27. The third-order valence-electron chi connectivity index (χ3n) is 4.73. The minimum atomic E-state index is -0.187. The third kappa shape index (κ3) is 2.94. The highest BCUT2D eigenvalue weighted by Crippen LogP contribution is 2.31. The highest BCUT2D eigenvalue weighted by molar-refractivity contribution is 6.08. The van der Waals surface area contributed by atoms with Gasteiger partial charge in [0, 0.05) is 23.5 Å². The molecule has 4 rings (SSSR count).